The van der Waals surface area contributed by atoms with E-state index in [4.69, 9.17) is 0 Å². The van der Waals surface area contributed by atoms with Crippen LogP contribution >= 0.6 is 15.9 Å². The number of benzene rings is 1. The van der Waals surface area contributed by atoms with E-state index in [9.17, 15) is 13.6 Å². The number of halogens is 3. The molecule has 0 fully saturated rings. The molecule has 0 amide bonds. The molecule has 0 radical (unpaired) electrons. The topological polar surface area (TPSA) is 17.1 Å². The number of carbonyl (C=O) groups excluding carboxylic acids is 1. The SMILES string of the molecule is CC(F)(F)C1CCC(=O)c2cc(Br)ccc21. The number of fused-ring (bicyclic) bond motifs is 1. The van der Waals surface area contributed by atoms with Gasteiger partial charge in [-0.2, -0.15) is 0 Å². The van der Waals surface area contributed by atoms with E-state index in [1.165, 1.54) is 0 Å². The number of Topliss-reactive ketones (excluding diaryl/α,β-unsaturated/α-hetero) is 1. The van der Waals surface area contributed by atoms with E-state index in [2.05, 4.69) is 15.9 Å². The van der Waals surface area contributed by atoms with Crippen molar-refractivity contribution in [1.29, 1.82) is 0 Å². The maximum absolute atomic E-state index is 13.4. The second-order valence-electron chi connectivity index (χ2n) is 4.20. The van der Waals surface area contributed by atoms with Gasteiger partial charge in [0.2, 0.25) is 0 Å². The van der Waals surface area contributed by atoms with Gasteiger partial charge < -0.3 is 0 Å². The van der Waals surface area contributed by atoms with Gasteiger partial charge in [-0.3, -0.25) is 4.79 Å². The Balaban J connectivity index is 2.53. The quantitative estimate of drug-likeness (QED) is 0.758. The van der Waals surface area contributed by atoms with Crippen molar-refractivity contribution in [3.05, 3.63) is 33.8 Å². The van der Waals surface area contributed by atoms with Crippen LogP contribution in [-0.2, 0) is 0 Å². The molecule has 16 heavy (non-hydrogen) atoms. The highest BCUT2D eigenvalue weighted by Gasteiger charge is 2.39. The number of rotatable bonds is 1. The van der Waals surface area contributed by atoms with Crippen molar-refractivity contribution in [3.63, 3.8) is 0 Å². The van der Waals surface area contributed by atoms with Gasteiger partial charge in [-0.15, -0.1) is 0 Å². The number of hydrogen-bond acceptors (Lipinski definition) is 1. The summed E-state index contributed by atoms with van der Waals surface area (Å²) in [5, 5.41) is 0. The summed E-state index contributed by atoms with van der Waals surface area (Å²) in [5.74, 6) is -3.66. The normalized spacial score (nSPS) is 20.8. The fraction of sp³-hybridized carbons (Fsp3) is 0.417. The van der Waals surface area contributed by atoms with E-state index in [-0.39, 0.29) is 18.6 Å². The van der Waals surface area contributed by atoms with Crippen LogP contribution in [-0.4, -0.2) is 11.7 Å². The van der Waals surface area contributed by atoms with E-state index in [0.29, 0.717) is 11.1 Å². The Morgan fingerprint density at radius 1 is 1.44 bits per heavy atom. The van der Waals surface area contributed by atoms with Gasteiger partial charge in [0.05, 0.1) is 0 Å². The van der Waals surface area contributed by atoms with Crippen molar-refractivity contribution >= 4 is 21.7 Å². The highest BCUT2D eigenvalue weighted by molar-refractivity contribution is 9.10. The molecule has 0 heterocycles. The molecule has 1 unspecified atom stereocenters. The highest BCUT2D eigenvalue weighted by Crippen LogP contribution is 2.42. The Labute approximate surface area is 101 Å². The molecule has 0 aromatic heterocycles. The third-order valence-corrected chi connectivity index (χ3v) is 3.46. The summed E-state index contributed by atoms with van der Waals surface area (Å²) < 4.78 is 27.5. The van der Waals surface area contributed by atoms with Gasteiger partial charge in [0, 0.05) is 22.4 Å². The van der Waals surface area contributed by atoms with Crippen molar-refractivity contribution < 1.29 is 13.6 Å². The summed E-state index contributed by atoms with van der Waals surface area (Å²) in [6, 6.07) is 4.96. The van der Waals surface area contributed by atoms with Crippen molar-refractivity contribution in [1.82, 2.24) is 0 Å². The summed E-state index contributed by atoms with van der Waals surface area (Å²) in [7, 11) is 0. The van der Waals surface area contributed by atoms with Crippen molar-refractivity contribution in [3.8, 4) is 0 Å². The molecule has 0 bridgehead atoms. The molecule has 0 N–H and O–H groups in total. The van der Waals surface area contributed by atoms with Gasteiger partial charge >= 0.3 is 0 Å². The Kier molecular flexibility index (Phi) is 2.86. The Bertz CT molecular complexity index is 437. The average Bonchev–Trinajstić information content (AvgIpc) is 2.17. The number of alkyl halides is 2. The van der Waals surface area contributed by atoms with Crippen molar-refractivity contribution in [2.75, 3.05) is 0 Å². The molecule has 0 spiro atoms. The number of hydrogen-bond donors (Lipinski definition) is 0. The van der Waals surface area contributed by atoms with Gasteiger partial charge in [-0.1, -0.05) is 22.0 Å². The summed E-state index contributed by atoms with van der Waals surface area (Å²) in [4.78, 5) is 11.6. The van der Waals surface area contributed by atoms with E-state index < -0.39 is 11.8 Å². The maximum Gasteiger partial charge on any atom is 0.252 e. The number of carbonyl (C=O) groups is 1. The van der Waals surface area contributed by atoms with Crippen LogP contribution in [0.2, 0.25) is 0 Å². The third-order valence-electron chi connectivity index (χ3n) is 2.96. The first-order valence-corrected chi connectivity index (χ1v) is 5.89. The van der Waals surface area contributed by atoms with E-state index in [1.54, 1.807) is 18.2 Å². The molecule has 1 aromatic rings. The first-order chi connectivity index (χ1) is 7.39. The minimum atomic E-state index is -2.77. The Morgan fingerprint density at radius 2 is 2.12 bits per heavy atom. The third kappa shape index (κ3) is 2.03. The van der Waals surface area contributed by atoms with Gasteiger partial charge in [0.1, 0.15) is 0 Å². The minimum absolute atomic E-state index is 0.0446. The molecule has 0 aliphatic heterocycles. The standard InChI is InChI=1S/C12H11BrF2O/c1-12(14,15)10-4-5-11(16)9-6-7(13)2-3-8(9)10/h2-3,6,10H,4-5H2,1H3. The van der Waals surface area contributed by atoms with Crippen LogP contribution in [0.3, 0.4) is 0 Å². The lowest BCUT2D eigenvalue weighted by Crippen LogP contribution is -2.28. The van der Waals surface area contributed by atoms with Gasteiger partial charge in [0.15, 0.2) is 5.78 Å². The van der Waals surface area contributed by atoms with Gasteiger partial charge in [-0.05, 0) is 31.0 Å². The molecule has 1 aliphatic carbocycles. The largest absolute Gasteiger partial charge is 0.294 e. The molecule has 86 valence electrons. The first-order valence-electron chi connectivity index (χ1n) is 5.10. The first kappa shape index (κ1) is 11.7. The monoisotopic (exact) mass is 288 g/mol. The van der Waals surface area contributed by atoms with Crippen LogP contribution in [0.5, 0.6) is 0 Å². The van der Waals surface area contributed by atoms with E-state index in [1.807, 2.05) is 0 Å². The predicted molar refractivity (Wildman–Crippen MR) is 61.1 cm³/mol. The Hall–Kier alpha value is -0.770. The lowest BCUT2D eigenvalue weighted by Gasteiger charge is -2.29. The minimum Gasteiger partial charge on any atom is -0.294 e. The zero-order valence-electron chi connectivity index (χ0n) is 8.77. The molecule has 2 rings (SSSR count). The summed E-state index contributed by atoms with van der Waals surface area (Å²) >= 11 is 3.25. The Morgan fingerprint density at radius 3 is 2.75 bits per heavy atom. The molecule has 1 aliphatic rings. The predicted octanol–water partition coefficient (Wildman–Crippen LogP) is 4.16. The van der Waals surface area contributed by atoms with Crippen LogP contribution in [0.15, 0.2) is 22.7 Å². The van der Waals surface area contributed by atoms with Crippen LogP contribution in [0.4, 0.5) is 8.78 Å². The maximum atomic E-state index is 13.4. The van der Waals surface area contributed by atoms with E-state index in [0.717, 1.165) is 11.4 Å². The molecular weight excluding hydrogens is 278 g/mol. The van der Waals surface area contributed by atoms with Crippen LogP contribution in [0.1, 0.15) is 41.6 Å². The fourth-order valence-electron chi connectivity index (χ4n) is 2.17. The van der Waals surface area contributed by atoms with Gasteiger partial charge in [0.25, 0.3) is 5.92 Å². The molecule has 0 saturated carbocycles. The average molecular weight is 289 g/mol. The van der Waals surface area contributed by atoms with Crippen LogP contribution in [0.25, 0.3) is 0 Å². The molecule has 0 saturated heterocycles. The number of ketones is 1. The lowest BCUT2D eigenvalue weighted by atomic mass is 9.79. The summed E-state index contributed by atoms with van der Waals surface area (Å²) in [6.45, 7) is 0.916. The van der Waals surface area contributed by atoms with Crippen molar-refractivity contribution in [2.24, 2.45) is 0 Å². The van der Waals surface area contributed by atoms with Crippen LogP contribution < -0.4 is 0 Å². The molecular formula is C12H11BrF2O. The molecule has 4 heteroatoms. The van der Waals surface area contributed by atoms with Crippen LogP contribution in [0, 0.1) is 0 Å². The highest BCUT2D eigenvalue weighted by atomic mass is 79.9. The smallest absolute Gasteiger partial charge is 0.252 e. The van der Waals surface area contributed by atoms with E-state index >= 15 is 0 Å². The second-order valence-corrected chi connectivity index (χ2v) is 5.12. The molecule has 1 nitrogen and oxygen atoms in total. The zero-order chi connectivity index (χ0) is 11.9. The lowest BCUT2D eigenvalue weighted by molar-refractivity contribution is -0.0123. The second kappa shape index (κ2) is 3.91. The van der Waals surface area contributed by atoms with Gasteiger partial charge in [-0.25, -0.2) is 8.78 Å². The summed E-state index contributed by atoms with van der Waals surface area (Å²) in [5.41, 5.74) is 0.916. The zero-order valence-corrected chi connectivity index (χ0v) is 10.4. The molecule has 1 aromatic carbocycles. The fourth-order valence-corrected chi connectivity index (χ4v) is 2.53. The molecule has 1 atom stereocenters. The van der Waals surface area contributed by atoms with Crippen molar-refractivity contribution in [2.45, 2.75) is 31.6 Å². The summed E-state index contributed by atoms with van der Waals surface area (Å²) in [6.07, 6.45) is 0.439.